The van der Waals surface area contributed by atoms with Gasteiger partial charge in [0.25, 0.3) is 0 Å². The van der Waals surface area contributed by atoms with Crippen LogP contribution in [-0.2, 0) is 27.7 Å². The lowest BCUT2D eigenvalue weighted by Gasteiger charge is -2.26. The first kappa shape index (κ1) is 22.2. The average molecular weight is 431 g/mol. The second-order valence-electron chi connectivity index (χ2n) is 7.71. The van der Waals surface area contributed by atoms with E-state index < -0.39 is 10.0 Å². The molecule has 1 atom stereocenters. The van der Waals surface area contributed by atoms with Crippen molar-refractivity contribution in [1.29, 1.82) is 0 Å². The number of fused-ring (bicyclic) bond motifs is 1. The van der Waals surface area contributed by atoms with Gasteiger partial charge < -0.3 is 10.1 Å². The van der Waals surface area contributed by atoms with E-state index in [1.165, 1.54) is 31.1 Å². The minimum atomic E-state index is -3.67. The van der Waals surface area contributed by atoms with Crippen LogP contribution in [0.5, 0.6) is 5.75 Å². The highest BCUT2D eigenvalue weighted by molar-refractivity contribution is 7.92. The Morgan fingerprint density at radius 3 is 2.50 bits per heavy atom. The second kappa shape index (κ2) is 9.51. The monoisotopic (exact) mass is 430 g/mol. The Bertz CT molecular complexity index is 1000. The van der Waals surface area contributed by atoms with E-state index >= 15 is 0 Å². The Kier molecular flexibility index (Phi) is 7.02. The van der Waals surface area contributed by atoms with Crippen LogP contribution >= 0.6 is 0 Å². The molecule has 0 aliphatic heterocycles. The Balaban J connectivity index is 1.79. The summed E-state index contributed by atoms with van der Waals surface area (Å²) < 4.78 is 31.2. The number of nitrogens with one attached hydrogen (secondary N) is 1. The quantitative estimate of drug-likeness (QED) is 0.694. The van der Waals surface area contributed by atoms with E-state index in [1.54, 1.807) is 24.3 Å². The minimum absolute atomic E-state index is 0.163. The number of carbonyl (C=O) groups is 1. The molecule has 2 aromatic carbocycles. The first-order chi connectivity index (χ1) is 14.3. The van der Waals surface area contributed by atoms with E-state index in [0.717, 1.165) is 35.4 Å². The van der Waals surface area contributed by atoms with E-state index in [9.17, 15) is 13.2 Å². The van der Waals surface area contributed by atoms with Crippen LogP contribution in [0, 0.1) is 0 Å². The zero-order chi connectivity index (χ0) is 21.7. The first-order valence-corrected chi connectivity index (χ1v) is 12.2. The lowest BCUT2D eigenvalue weighted by Crippen LogP contribution is -2.41. The fourth-order valence-electron chi connectivity index (χ4n) is 3.98. The number of sulfonamides is 1. The molecule has 1 amide bonds. The number of carbonyl (C=O) groups excluding carboxylic acids is 1. The number of benzene rings is 2. The molecule has 0 heterocycles. The Labute approximate surface area is 179 Å². The molecule has 30 heavy (non-hydrogen) atoms. The van der Waals surface area contributed by atoms with Crippen LogP contribution in [-0.4, -0.2) is 34.2 Å². The van der Waals surface area contributed by atoms with Gasteiger partial charge in [-0.15, -0.1) is 0 Å². The van der Waals surface area contributed by atoms with Crippen LogP contribution in [0.15, 0.2) is 42.5 Å². The highest BCUT2D eigenvalue weighted by Gasteiger charge is 2.25. The van der Waals surface area contributed by atoms with Crippen molar-refractivity contribution in [2.75, 3.05) is 24.2 Å². The molecule has 0 radical (unpaired) electrons. The summed E-state index contributed by atoms with van der Waals surface area (Å²) in [5.74, 6) is 0.0494. The maximum atomic E-state index is 12.8. The molecule has 0 aromatic heterocycles. The second-order valence-corrected chi connectivity index (χ2v) is 9.61. The van der Waals surface area contributed by atoms with E-state index in [1.807, 2.05) is 6.92 Å². The average Bonchev–Trinajstić information content (AvgIpc) is 2.74. The predicted molar refractivity (Wildman–Crippen MR) is 119 cm³/mol. The van der Waals surface area contributed by atoms with E-state index in [4.69, 9.17) is 4.74 Å². The zero-order valence-electron chi connectivity index (χ0n) is 17.8. The summed E-state index contributed by atoms with van der Waals surface area (Å²) in [6.07, 6.45) is 6.42. The molecule has 0 fully saturated rings. The van der Waals surface area contributed by atoms with Crippen molar-refractivity contribution in [3.05, 3.63) is 59.2 Å². The molecule has 0 unspecified atom stereocenters. The van der Waals surface area contributed by atoms with Gasteiger partial charge in [0.1, 0.15) is 12.3 Å². The predicted octanol–water partition coefficient (Wildman–Crippen LogP) is 3.61. The van der Waals surface area contributed by atoms with Crippen molar-refractivity contribution in [2.45, 2.75) is 45.1 Å². The fourth-order valence-corrected chi connectivity index (χ4v) is 4.84. The van der Waals surface area contributed by atoms with Crippen molar-refractivity contribution >= 4 is 21.6 Å². The number of hydrogen-bond donors (Lipinski definition) is 1. The molecule has 7 heteroatoms. The molecular weight excluding hydrogens is 400 g/mol. The summed E-state index contributed by atoms with van der Waals surface area (Å²) >= 11 is 0. The molecule has 1 aliphatic rings. The molecule has 1 N–H and O–H groups in total. The van der Waals surface area contributed by atoms with Gasteiger partial charge in [-0.25, -0.2) is 8.42 Å². The molecule has 0 saturated carbocycles. The van der Waals surface area contributed by atoms with Gasteiger partial charge in [0, 0.05) is 0 Å². The topological polar surface area (TPSA) is 75.7 Å². The summed E-state index contributed by atoms with van der Waals surface area (Å²) in [5.41, 5.74) is 4.16. The summed E-state index contributed by atoms with van der Waals surface area (Å²) in [4.78, 5) is 12.8. The van der Waals surface area contributed by atoms with E-state index in [2.05, 4.69) is 23.5 Å². The van der Waals surface area contributed by atoms with Crippen molar-refractivity contribution in [3.63, 3.8) is 0 Å². The number of aryl methyl sites for hydroxylation is 2. The van der Waals surface area contributed by atoms with E-state index in [0.29, 0.717) is 11.4 Å². The summed E-state index contributed by atoms with van der Waals surface area (Å²) in [6.45, 7) is 1.71. The lowest BCUT2D eigenvalue weighted by atomic mass is 9.89. The maximum Gasteiger partial charge on any atom is 0.241 e. The van der Waals surface area contributed by atoms with E-state index in [-0.39, 0.29) is 18.5 Å². The third-order valence-electron chi connectivity index (χ3n) is 5.56. The fraction of sp³-hybridized carbons (Fsp3) is 0.435. The summed E-state index contributed by atoms with van der Waals surface area (Å²) in [6, 6.07) is 13.0. The number of rotatable bonds is 8. The van der Waals surface area contributed by atoms with Crippen LogP contribution < -0.4 is 14.4 Å². The number of anilines is 1. The van der Waals surface area contributed by atoms with Crippen LogP contribution in [0.1, 0.15) is 48.9 Å². The summed E-state index contributed by atoms with van der Waals surface area (Å²) in [7, 11) is -2.20. The van der Waals surface area contributed by atoms with Crippen LogP contribution in [0.3, 0.4) is 0 Å². The normalized spacial score (nSPS) is 14.5. The molecular formula is C23H30N2O4S. The minimum Gasteiger partial charge on any atom is -0.495 e. The smallest absolute Gasteiger partial charge is 0.241 e. The zero-order valence-corrected chi connectivity index (χ0v) is 18.7. The Morgan fingerprint density at radius 1 is 1.13 bits per heavy atom. The van der Waals surface area contributed by atoms with Crippen molar-refractivity contribution in [3.8, 4) is 5.75 Å². The van der Waals surface area contributed by atoms with Gasteiger partial charge >= 0.3 is 0 Å². The van der Waals surface area contributed by atoms with Gasteiger partial charge in [0.15, 0.2) is 0 Å². The maximum absolute atomic E-state index is 12.8. The van der Waals surface area contributed by atoms with Gasteiger partial charge in [0.2, 0.25) is 15.9 Å². The third-order valence-corrected chi connectivity index (χ3v) is 6.69. The van der Waals surface area contributed by atoms with Crippen molar-refractivity contribution in [1.82, 2.24) is 5.32 Å². The molecule has 6 nitrogen and oxygen atoms in total. The van der Waals surface area contributed by atoms with Gasteiger partial charge in [-0.05, 0) is 60.9 Å². The molecule has 0 bridgehead atoms. The lowest BCUT2D eigenvalue weighted by molar-refractivity contribution is -0.120. The van der Waals surface area contributed by atoms with Gasteiger partial charge in [-0.2, -0.15) is 0 Å². The van der Waals surface area contributed by atoms with Gasteiger partial charge in [0.05, 0.1) is 25.1 Å². The SMILES string of the molecule is CC[C@@H](NC(=O)CN(c1ccccc1OC)S(C)(=O)=O)c1ccc2c(c1)CCCC2. The number of amides is 1. The van der Waals surface area contributed by atoms with Gasteiger partial charge in [-0.3, -0.25) is 9.10 Å². The molecule has 1 aliphatic carbocycles. The van der Waals surface area contributed by atoms with Crippen LogP contribution in [0.2, 0.25) is 0 Å². The highest BCUT2D eigenvalue weighted by Crippen LogP contribution is 2.30. The molecule has 0 saturated heterocycles. The van der Waals surface area contributed by atoms with Crippen LogP contribution in [0.25, 0.3) is 0 Å². The molecule has 0 spiro atoms. The molecule has 162 valence electrons. The number of para-hydroxylation sites is 2. The standard InChI is InChI=1S/C23H30N2O4S/c1-4-20(19-14-13-17-9-5-6-10-18(17)15-19)24-23(26)16-25(30(3,27)28)21-11-7-8-12-22(21)29-2/h7-8,11-15,20H,4-6,9-10,16H2,1-3H3,(H,24,26)/t20-/m1/s1. The van der Waals surface area contributed by atoms with Crippen LogP contribution in [0.4, 0.5) is 5.69 Å². The van der Waals surface area contributed by atoms with Crippen molar-refractivity contribution in [2.24, 2.45) is 0 Å². The number of hydrogen-bond acceptors (Lipinski definition) is 4. The highest BCUT2D eigenvalue weighted by atomic mass is 32.2. The largest absolute Gasteiger partial charge is 0.495 e. The van der Waals surface area contributed by atoms with Crippen molar-refractivity contribution < 1.29 is 17.9 Å². The number of ether oxygens (including phenoxy) is 1. The van der Waals surface area contributed by atoms with Gasteiger partial charge in [-0.1, -0.05) is 37.3 Å². The molecule has 3 rings (SSSR count). The first-order valence-electron chi connectivity index (χ1n) is 10.3. The Hall–Kier alpha value is -2.54. The number of nitrogens with zero attached hydrogens (tertiary/aromatic N) is 1. The third kappa shape index (κ3) is 5.14. The number of methoxy groups -OCH3 is 1. The summed E-state index contributed by atoms with van der Waals surface area (Å²) in [5, 5.41) is 3.01. The molecule has 2 aromatic rings. The Morgan fingerprint density at radius 2 is 1.83 bits per heavy atom.